The van der Waals surface area contributed by atoms with Crippen molar-refractivity contribution in [2.75, 3.05) is 0 Å². The van der Waals surface area contributed by atoms with E-state index in [1.165, 1.54) is 0 Å². The third kappa shape index (κ3) is 4.79. The van der Waals surface area contributed by atoms with Crippen LogP contribution < -0.4 is 0 Å². The maximum atomic E-state index is 7.03. The van der Waals surface area contributed by atoms with Gasteiger partial charge in [0.2, 0.25) is 0 Å². The van der Waals surface area contributed by atoms with E-state index in [1.54, 1.807) is 0 Å². The zero-order chi connectivity index (χ0) is 34.9. The van der Waals surface area contributed by atoms with Crippen molar-refractivity contribution < 1.29 is 4.42 Å². The molecule has 0 aliphatic rings. The predicted molar refractivity (Wildman–Crippen MR) is 217 cm³/mol. The first-order valence-electron chi connectivity index (χ1n) is 17.7. The third-order valence-electron chi connectivity index (χ3n) is 10.3. The summed E-state index contributed by atoms with van der Waals surface area (Å²) in [6.45, 7) is 0. The Kier molecular flexibility index (Phi) is 6.48. The van der Waals surface area contributed by atoms with Crippen molar-refractivity contribution in [1.82, 2.24) is 19.9 Å². The average Bonchev–Trinajstić information content (AvgIpc) is 3.62. The minimum Gasteiger partial charge on any atom is -0.455 e. The second-order valence-electron chi connectivity index (χ2n) is 13.4. The highest BCUT2D eigenvalue weighted by molar-refractivity contribution is 6.25. The minimum atomic E-state index is 0.553. The molecule has 0 atom stereocenters. The van der Waals surface area contributed by atoms with E-state index in [-0.39, 0.29) is 0 Å². The van der Waals surface area contributed by atoms with Crippen molar-refractivity contribution in [2.24, 2.45) is 0 Å². The Balaban J connectivity index is 1.18. The van der Waals surface area contributed by atoms with Crippen LogP contribution in [0.15, 0.2) is 174 Å². The lowest BCUT2D eigenvalue weighted by Gasteiger charge is -2.10. The monoisotopic (exact) mass is 676 g/mol. The lowest BCUT2D eigenvalue weighted by Crippen LogP contribution is -2.00. The largest absolute Gasteiger partial charge is 0.455 e. The van der Waals surface area contributed by atoms with Gasteiger partial charge in [-0.25, -0.2) is 19.9 Å². The molecule has 5 nitrogen and oxygen atoms in total. The summed E-state index contributed by atoms with van der Waals surface area (Å²) in [5.74, 6) is 1.76. The van der Waals surface area contributed by atoms with Crippen LogP contribution in [0.3, 0.4) is 0 Å². The summed E-state index contributed by atoms with van der Waals surface area (Å²) in [6.07, 6.45) is 0. The van der Waals surface area contributed by atoms with Gasteiger partial charge in [0.25, 0.3) is 0 Å². The molecule has 0 bridgehead atoms. The van der Waals surface area contributed by atoms with E-state index < -0.39 is 0 Å². The number of furan rings is 1. The molecule has 0 aliphatic heterocycles. The van der Waals surface area contributed by atoms with Gasteiger partial charge >= 0.3 is 0 Å². The molecule has 0 aliphatic carbocycles. The van der Waals surface area contributed by atoms with Crippen LogP contribution in [0.5, 0.6) is 0 Å². The van der Waals surface area contributed by atoms with Crippen LogP contribution in [0, 0.1) is 0 Å². The summed E-state index contributed by atoms with van der Waals surface area (Å²) in [5.41, 5.74) is 7.11. The number of hydrogen-bond acceptors (Lipinski definition) is 5. The number of nitrogens with zero attached hydrogens (tertiary/aromatic N) is 4. The summed E-state index contributed by atoms with van der Waals surface area (Å²) in [4.78, 5) is 20.6. The van der Waals surface area contributed by atoms with Crippen LogP contribution in [-0.2, 0) is 0 Å². The lowest BCUT2D eigenvalue weighted by molar-refractivity contribution is 0.673. The quantitative estimate of drug-likeness (QED) is 0.174. The smallest absolute Gasteiger partial charge is 0.167 e. The van der Waals surface area contributed by atoms with Crippen LogP contribution in [-0.4, -0.2) is 19.9 Å². The van der Waals surface area contributed by atoms with Gasteiger partial charge in [-0.1, -0.05) is 140 Å². The predicted octanol–water partition coefficient (Wildman–Crippen LogP) is 12.4. The van der Waals surface area contributed by atoms with Gasteiger partial charge in [0.1, 0.15) is 11.2 Å². The molecule has 0 spiro atoms. The van der Waals surface area contributed by atoms with E-state index in [9.17, 15) is 0 Å². The number of hydrogen-bond donors (Lipinski definition) is 0. The number of fused-ring (bicyclic) bond motifs is 9. The summed E-state index contributed by atoms with van der Waals surface area (Å²) in [6, 6.07) is 58.6. The van der Waals surface area contributed by atoms with Crippen LogP contribution in [0.1, 0.15) is 0 Å². The van der Waals surface area contributed by atoms with Crippen LogP contribution in [0.4, 0.5) is 0 Å². The standard InChI is InChI=1S/C48H28N4O/c1-2-13-31(14-3-1)43-39-26-25-37-36-18-10-19-40(44(36)53-45(37)42(39)38-17-8-9-20-41(38)49-43)48-51-46(34-23-21-29-11-4-6-15-32(29)27-34)50-47(52-48)35-24-22-30-12-5-7-16-33(30)28-35/h1-28H. The topological polar surface area (TPSA) is 64.7 Å². The Morgan fingerprint density at radius 1 is 0.340 bits per heavy atom. The lowest BCUT2D eigenvalue weighted by atomic mass is 9.97. The molecule has 0 radical (unpaired) electrons. The fraction of sp³-hybridized carbons (Fsp3) is 0. The first-order chi connectivity index (χ1) is 26.2. The summed E-state index contributed by atoms with van der Waals surface area (Å²) in [5, 5.41) is 9.74. The van der Waals surface area contributed by atoms with Gasteiger partial charge in [-0.3, -0.25) is 0 Å². The molecule has 0 N–H and O–H groups in total. The molecule has 3 aromatic heterocycles. The van der Waals surface area contributed by atoms with Crippen molar-refractivity contribution in [3.8, 4) is 45.4 Å². The highest BCUT2D eigenvalue weighted by atomic mass is 16.3. The van der Waals surface area contributed by atoms with Crippen molar-refractivity contribution in [3.05, 3.63) is 170 Å². The highest BCUT2D eigenvalue weighted by Crippen LogP contribution is 2.43. The van der Waals surface area contributed by atoms with E-state index in [2.05, 4.69) is 152 Å². The molecule has 0 fully saturated rings. The highest BCUT2D eigenvalue weighted by Gasteiger charge is 2.21. The Bertz CT molecular complexity index is 3140. The van der Waals surface area contributed by atoms with Gasteiger partial charge in [0.15, 0.2) is 17.5 Å². The van der Waals surface area contributed by atoms with Gasteiger partial charge < -0.3 is 4.42 Å². The molecule has 11 rings (SSSR count). The molecule has 0 saturated heterocycles. The molecule has 11 aromatic rings. The first-order valence-corrected chi connectivity index (χ1v) is 17.7. The third-order valence-corrected chi connectivity index (χ3v) is 10.3. The molecule has 0 saturated carbocycles. The fourth-order valence-corrected chi connectivity index (χ4v) is 7.69. The van der Waals surface area contributed by atoms with Gasteiger partial charge in [-0.05, 0) is 51.9 Å². The maximum absolute atomic E-state index is 7.03. The molecule has 0 unspecified atom stereocenters. The minimum absolute atomic E-state index is 0.553. The van der Waals surface area contributed by atoms with Gasteiger partial charge in [-0.2, -0.15) is 0 Å². The molecule has 8 aromatic carbocycles. The number of para-hydroxylation sites is 2. The Labute approximate surface area is 303 Å². The van der Waals surface area contributed by atoms with E-state index >= 15 is 0 Å². The van der Waals surface area contributed by atoms with Crippen LogP contribution in [0.25, 0.3) is 111 Å². The second kappa shape index (κ2) is 11.7. The molecule has 53 heavy (non-hydrogen) atoms. The Morgan fingerprint density at radius 3 is 1.62 bits per heavy atom. The normalized spacial score (nSPS) is 11.8. The van der Waals surface area contributed by atoms with Crippen molar-refractivity contribution >= 4 is 65.2 Å². The number of benzene rings is 8. The second-order valence-corrected chi connectivity index (χ2v) is 13.4. The Hall–Kier alpha value is -7.24. The van der Waals surface area contributed by atoms with Crippen LogP contribution >= 0.6 is 0 Å². The van der Waals surface area contributed by atoms with Crippen molar-refractivity contribution in [1.29, 1.82) is 0 Å². The summed E-state index contributed by atoms with van der Waals surface area (Å²) >= 11 is 0. The molecular weight excluding hydrogens is 649 g/mol. The summed E-state index contributed by atoms with van der Waals surface area (Å²) in [7, 11) is 0. The van der Waals surface area contributed by atoms with E-state index in [1.807, 2.05) is 18.2 Å². The Morgan fingerprint density at radius 2 is 0.906 bits per heavy atom. The molecule has 246 valence electrons. The molecule has 5 heteroatoms. The number of rotatable bonds is 4. The zero-order valence-corrected chi connectivity index (χ0v) is 28.4. The van der Waals surface area contributed by atoms with Gasteiger partial charge in [0.05, 0.1) is 16.8 Å². The molecule has 0 amide bonds. The van der Waals surface area contributed by atoms with Crippen LogP contribution in [0.2, 0.25) is 0 Å². The number of pyridine rings is 1. The zero-order valence-electron chi connectivity index (χ0n) is 28.4. The van der Waals surface area contributed by atoms with Gasteiger partial charge in [-0.15, -0.1) is 0 Å². The summed E-state index contributed by atoms with van der Waals surface area (Å²) < 4.78 is 7.03. The number of aromatic nitrogens is 4. The average molecular weight is 677 g/mol. The van der Waals surface area contributed by atoms with Gasteiger partial charge in [0, 0.05) is 43.6 Å². The first kappa shape index (κ1) is 29.5. The SMILES string of the molecule is c1ccc(-c2nc3ccccc3c3c2ccc2c4cccc(-c5nc(-c6ccc7ccccc7c6)nc(-c6ccc7ccccc7c6)n5)c4oc23)cc1. The molecular formula is C48H28N4O. The van der Waals surface area contributed by atoms with Crippen molar-refractivity contribution in [2.45, 2.75) is 0 Å². The fourth-order valence-electron chi connectivity index (χ4n) is 7.69. The van der Waals surface area contributed by atoms with E-state index in [4.69, 9.17) is 24.4 Å². The van der Waals surface area contributed by atoms with E-state index in [0.29, 0.717) is 17.5 Å². The maximum Gasteiger partial charge on any atom is 0.167 e. The van der Waals surface area contributed by atoms with E-state index in [0.717, 1.165) is 93.1 Å². The molecule has 3 heterocycles. The van der Waals surface area contributed by atoms with Crippen molar-refractivity contribution in [3.63, 3.8) is 0 Å².